The number of nitrogens with zero attached hydrogens (tertiary/aromatic N) is 1. The van der Waals surface area contributed by atoms with Crippen LogP contribution in [-0.2, 0) is 9.53 Å². The van der Waals surface area contributed by atoms with Crippen LogP contribution in [-0.4, -0.2) is 48.6 Å². The molecule has 1 aliphatic rings. The topological polar surface area (TPSA) is 61.8 Å². The van der Waals surface area contributed by atoms with E-state index in [0.717, 1.165) is 13.1 Å². The quantitative estimate of drug-likeness (QED) is 0.463. The number of aliphatic hydroxyl groups excluding tert-OH is 1. The van der Waals surface area contributed by atoms with Crippen LogP contribution < -0.4 is 5.32 Å². The Hall–Kier alpha value is -0.910. The minimum Gasteiger partial charge on any atom is -0.461 e. The van der Waals surface area contributed by atoms with Gasteiger partial charge in [-0.05, 0) is 6.92 Å². The molecule has 14 heavy (non-hydrogen) atoms. The molecule has 1 aliphatic heterocycles. The van der Waals surface area contributed by atoms with Crippen LogP contribution in [0.15, 0.2) is 12.2 Å². The van der Waals surface area contributed by atoms with Crippen molar-refractivity contribution in [2.45, 2.75) is 13.3 Å². The predicted molar refractivity (Wildman–Crippen MR) is 51.4 cm³/mol. The Labute approximate surface area is 83.3 Å². The lowest BCUT2D eigenvalue weighted by atomic mass is 10.4. The van der Waals surface area contributed by atoms with Gasteiger partial charge in [-0.3, -0.25) is 10.2 Å². The number of ether oxygens (including phenoxy) is 1. The highest BCUT2D eigenvalue weighted by atomic mass is 16.5. The van der Waals surface area contributed by atoms with Gasteiger partial charge in [0, 0.05) is 25.2 Å². The highest BCUT2D eigenvalue weighted by molar-refractivity contribution is 5.86. The predicted octanol–water partition coefficient (Wildman–Crippen LogP) is -0.713. The fourth-order valence-electron chi connectivity index (χ4n) is 1.20. The molecule has 2 N–H and O–H groups in total. The van der Waals surface area contributed by atoms with E-state index >= 15 is 0 Å². The first-order chi connectivity index (χ1) is 6.61. The number of carbonyl (C=O) groups is 1. The molecule has 0 aliphatic carbocycles. The van der Waals surface area contributed by atoms with E-state index in [1.54, 1.807) is 11.8 Å². The lowest BCUT2D eigenvalue weighted by Crippen LogP contribution is -2.37. The van der Waals surface area contributed by atoms with Crippen molar-refractivity contribution in [3.05, 3.63) is 12.2 Å². The van der Waals surface area contributed by atoms with Gasteiger partial charge in [-0.25, -0.2) is 4.79 Å². The second-order valence-corrected chi connectivity index (χ2v) is 3.28. The van der Waals surface area contributed by atoms with Gasteiger partial charge in [-0.15, -0.1) is 0 Å². The summed E-state index contributed by atoms with van der Waals surface area (Å²) < 4.78 is 4.89. The molecule has 0 radical (unpaired) electrons. The summed E-state index contributed by atoms with van der Waals surface area (Å²) in [5.74, 6) is -0.383. The summed E-state index contributed by atoms with van der Waals surface area (Å²) in [6.45, 7) is 7.42. The number of hydrogen-bond donors (Lipinski definition) is 2. The zero-order valence-electron chi connectivity index (χ0n) is 8.32. The third-order valence-electron chi connectivity index (χ3n) is 2.03. The normalized spacial score (nSPS) is 22.3. The van der Waals surface area contributed by atoms with E-state index in [1.165, 1.54) is 0 Å². The Balaban J connectivity index is 2.15. The van der Waals surface area contributed by atoms with E-state index in [0.29, 0.717) is 12.1 Å². The van der Waals surface area contributed by atoms with Crippen LogP contribution in [0.3, 0.4) is 0 Å². The minimum atomic E-state index is -0.612. The number of aliphatic hydroxyl groups is 1. The molecule has 0 amide bonds. The van der Waals surface area contributed by atoms with Gasteiger partial charge < -0.3 is 9.84 Å². The zero-order valence-corrected chi connectivity index (χ0v) is 8.32. The van der Waals surface area contributed by atoms with Crippen LogP contribution in [0.4, 0.5) is 0 Å². The molecule has 0 aromatic rings. The van der Waals surface area contributed by atoms with Gasteiger partial charge in [0.15, 0.2) is 6.35 Å². The van der Waals surface area contributed by atoms with Crippen molar-refractivity contribution >= 4 is 5.97 Å². The van der Waals surface area contributed by atoms with E-state index in [2.05, 4.69) is 11.9 Å². The van der Waals surface area contributed by atoms with Crippen molar-refractivity contribution in [3.63, 3.8) is 0 Å². The van der Waals surface area contributed by atoms with Crippen LogP contribution in [0, 0.1) is 0 Å². The first-order valence-electron chi connectivity index (χ1n) is 4.59. The van der Waals surface area contributed by atoms with Gasteiger partial charge in [0.05, 0.1) is 0 Å². The van der Waals surface area contributed by atoms with Gasteiger partial charge in [0.2, 0.25) is 0 Å². The molecular formula is C9H16N2O3. The van der Waals surface area contributed by atoms with E-state index in [9.17, 15) is 9.90 Å². The maximum atomic E-state index is 11.0. The molecule has 1 saturated heterocycles. The summed E-state index contributed by atoms with van der Waals surface area (Å²) in [5.41, 5.74) is 0.394. The number of rotatable bonds is 4. The van der Waals surface area contributed by atoms with Crippen LogP contribution in [0.25, 0.3) is 0 Å². The maximum absolute atomic E-state index is 11.0. The smallest absolute Gasteiger partial charge is 0.333 e. The number of esters is 1. The summed E-state index contributed by atoms with van der Waals surface area (Å²) in [6, 6.07) is 0. The van der Waals surface area contributed by atoms with Crippen LogP contribution >= 0.6 is 0 Å². The van der Waals surface area contributed by atoms with Crippen molar-refractivity contribution < 1.29 is 14.6 Å². The number of hydrogen-bond acceptors (Lipinski definition) is 5. The summed E-state index contributed by atoms with van der Waals surface area (Å²) in [6.07, 6.45) is -0.612. The van der Waals surface area contributed by atoms with Crippen LogP contribution in [0.5, 0.6) is 0 Å². The van der Waals surface area contributed by atoms with Gasteiger partial charge in [-0.2, -0.15) is 0 Å². The third kappa shape index (κ3) is 3.10. The molecule has 0 spiro atoms. The second kappa shape index (κ2) is 5.09. The van der Waals surface area contributed by atoms with E-state index in [1.807, 2.05) is 0 Å². The highest BCUT2D eigenvalue weighted by Crippen LogP contribution is 2.00. The molecule has 5 heteroatoms. The molecular weight excluding hydrogens is 184 g/mol. The van der Waals surface area contributed by atoms with E-state index < -0.39 is 6.35 Å². The molecule has 5 nitrogen and oxygen atoms in total. The highest BCUT2D eigenvalue weighted by Gasteiger charge is 2.20. The van der Waals surface area contributed by atoms with Gasteiger partial charge in [-0.1, -0.05) is 6.58 Å². The number of nitrogens with one attached hydrogen (secondary N) is 1. The second-order valence-electron chi connectivity index (χ2n) is 3.28. The van der Waals surface area contributed by atoms with Crippen molar-refractivity contribution in [1.82, 2.24) is 10.2 Å². The van der Waals surface area contributed by atoms with Crippen molar-refractivity contribution in [2.75, 3.05) is 26.2 Å². The largest absolute Gasteiger partial charge is 0.461 e. The van der Waals surface area contributed by atoms with Crippen molar-refractivity contribution in [2.24, 2.45) is 0 Å². The first-order valence-corrected chi connectivity index (χ1v) is 4.59. The standard InChI is InChI=1S/C9H16N2O3/c1-7(2)8(12)14-6-5-11-4-3-10-9(11)13/h9-10,13H,1,3-6H2,2H3. The number of carbonyl (C=O) groups excluding carboxylic acids is 1. The molecule has 1 fully saturated rings. The molecule has 1 unspecified atom stereocenters. The third-order valence-corrected chi connectivity index (χ3v) is 2.03. The lowest BCUT2D eigenvalue weighted by Gasteiger charge is -2.18. The Morgan fingerprint density at radius 3 is 3.00 bits per heavy atom. The summed E-state index contributed by atoms with van der Waals surface area (Å²) >= 11 is 0. The van der Waals surface area contributed by atoms with E-state index in [-0.39, 0.29) is 12.6 Å². The molecule has 1 heterocycles. The Morgan fingerprint density at radius 2 is 2.50 bits per heavy atom. The SMILES string of the molecule is C=C(C)C(=O)OCCN1CCNC1O. The van der Waals surface area contributed by atoms with Crippen LogP contribution in [0.1, 0.15) is 6.92 Å². The Morgan fingerprint density at radius 1 is 1.79 bits per heavy atom. The molecule has 1 rings (SSSR count). The first kappa shape index (κ1) is 11.2. The van der Waals surface area contributed by atoms with Crippen molar-refractivity contribution in [1.29, 1.82) is 0 Å². The Bertz CT molecular complexity index is 230. The maximum Gasteiger partial charge on any atom is 0.333 e. The molecule has 0 bridgehead atoms. The van der Waals surface area contributed by atoms with Gasteiger partial charge in [0.1, 0.15) is 6.61 Å². The molecule has 1 atom stereocenters. The van der Waals surface area contributed by atoms with Crippen molar-refractivity contribution in [3.8, 4) is 0 Å². The summed E-state index contributed by atoms with van der Waals surface area (Å²) in [5, 5.41) is 12.2. The molecule has 0 aromatic carbocycles. The molecule has 80 valence electrons. The Kier molecular flexibility index (Phi) is 4.06. The minimum absolute atomic E-state index is 0.282. The average molecular weight is 200 g/mol. The van der Waals surface area contributed by atoms with Gasteiger partial charge in [0.25, 0.3) is 0 Å². The molecule has 0 aromatic heterocycles. The van der Waals surface area contributed by atoms with Crippen LogP contribution in [0.2, 0.25) is 0 Å². The zero-order chi connectivity index (χ0) is 10.6. The lowest BCUT2D eigenvalue weighted by molar-refractivity contribution is -0.140. The fourth-order valence-corrected chi connectivity index (χ4v) is 1.20. The average Bonchev–Trinajstić information content (AvgIpc) is 2.51. The summed E-state index contributed by atoms with van der Waals surface area (Å²) in [4.78, 5) is 12.8. The summed E-state index contributed by atoms with van der Waals surface area (Å²) in [7, 11) is 0. The van der Waals surface area contributed by atoms with Gasteiger partial charge >= 0.3 is 5.97 Å². The monoisotopic (exact) mass is 200 g/mol. The fraction of sp³-hybridized carbons (Fsp3) is 0.667. The van der Waals surface area contributed by atoms with E-state index in [4.69, 9.17) is 4.74 Å². The molecule has 0 saturated carbocycles.